The maximum absolute atomic E-state index is 5.60. The maximum Gasteiger partial charge on any atom is 0.219 e. The van der Waals surface area contributed by atoms with E-state index in [1.807, 2.05) is 0 Å². The van der Waals surface area contributed by atoms with Crippen molar-refractivity contribution < 1.29 is 4.42 Å². The number of alkyl halides is 1. The molecular formula is C10H15ClN2O. The van der Waals surface area contributed by atoms with Gasteiger partial charge >= 0.3 is 0 Å². The molecule has 1 aromatic rings. The Labute approximate surface area is 88.9 Å². The first-order chi connectivity index (χ1) is 6.90. The molecule has 0 spiro atoms. The van der Waals surface area contributed by atoms with Crippen molar-refractivity contribution >= 4 is 11.6 Å². The fourth-order valence-electron chi connectivity index (χ4n) is 1.96. The van der Waals surface area contributed by atoms with Gasteiger partial charge in [-0.25, -0.2) is 0 Å². The van der Waals surface area contributed by atoms with Gasteiger partial charge in [0.1, 0.15) is 0 Å². The highest BCUT2D eigenvalue weighted by Gasteiger charge is 2.20. The molecule has 0 atom stereocenters. The quantitative estimate of drug-likeness (QED) is 0.727. The highest BCUT2D eigenvalue weighted by atomic mass is 35.5. The van der Waals surface area contributed by atoms with Gasteiger partial charge in [0.2, 0.25) is 11.8 Å². The highest BCUT2D eigenvalue weighted by Crippen LogP contribution is 2.31. The van der Waals surface area contributed by atoms with Gasteiger partial charge in [0.15, 0.2) is 0 Å². The smallest absolute Gasteiger partial charge is 0.219 e. The molecule has 78 valence electrons. The Balaban J connectivity index is 2.00. The third-order valence-electron chi connectivity index (χ3n) is 2.75. The third kappa shape index (κ3) is 2.27. The Morgan fingerprint density at radius 2 is 2.00 bits per heavy atom. The zero-order valence-corrected chi connectivity index (χ0v) is 8.96. The summed E-state index contributed by atoms with van der Waals surface area (Å²) in [6, 6.07) is 0. The molecule has 0 N–H and O–H groups in total. The second-order valence-electron chi connectivity index (χ2n) is 3.81. The maximum atomic E-state index is 5.60. The monoisotopic (exact) mass is 214 g/mol. The fraction of sp³-hybridized carbons (Fsp3) is 0.800. The molecule has 3 nitrogen and oxygen atoms in total. The summed E-state index contributed by atoms with van der Waals surface area (Å²) in [7, 11) is 0. The molecule has 1 aliphatic carbocycles. The van der Waals surface area contributed by atoms with E-state index in [1.54, 1.807) is 0 Å². The average molecular weight is 215 g/mol. The normalized spacial score (nSPS) is 18.6. The number of rotatable bonds is 3. The predicted octanol–water partition coefficient (Wildman–Crippen LogP) is 2.90. The van der Waals surface area contributed by atoms with Gasteiger partial charge < -0.3 is 4.42 Å². The van der Waals surface area contributed by atoms with Crippen molar-refractivity contribution in [1.29, 1.82) is 0 Å². The van der Waals surface area contributed by atoms with E-state index in [4.69, 9.17) is 16.0 Å². The molecule has 0 radical (unpaired) electrons. The van der Waals surface area contributed by atoms with Gasteiger partial charge in [-0.2, -0.15) is 0 Å². The molecule has 14 heavy (non-hydrogen) atoms. The van der Waals surface area contributed by atoms with E-state index >= 15 is 0 Å². The molecule has 0 unspecified atom stereocenters. The molecule has 1 saturated carbocycles. The van der Waals surface area contributed by atoms with Gasteiger partial charge in [-0.05, 0) is 12.8 Å². The van der Waals surface area contributed by atoms with Crippen LogP contribution in [-0.4, -0.2) is 16.1 Å². The first-order valence-corrected chi connectivity index (χ1v) is 5.82. The Morgan fingerprint density at radius 1 is 1.21 bits per heavy atom. The van der Waals surface area contributed by atoms with Crippen LogP contribution in [0.3, 0.4) is 0 Å². The minimum absolute atomic E-state index is 0.500. The molecule has 1 aliphatic rings. The third-order valence-corrected chi connectivity index (χ3v) is 2.93. The number of halogens is 1. The molecule has 1 aromatic heterocycles. The van der Waals surface area contributed by atoms with E-state index in [1.165, 1.54) is 32.1 Å². The molecule has 1 heterocycles. The minimum atomic E-state index is 0.500. The lowest BCUT2D eigenvalue weighted by atomic mass is 9.89. The predicted molar refractivity (Wildman–Crippen MR) is 54.5 cm³/mol. The van der Waals surface area contributed by atoms with E-state index in [2.05, 4.69) is 10.2 Å². The molecule has 0 aliphatic heterocycles. The van der Waals surface area contributed by atoms with Gasteiger partial charge in [0.05, 0.1) is 0 Å². The Bertz CT molecular complexity index is 281. The van der Waals surface area contributed by atoms with Crippen LogP contribution in [0.1, 0.15) is 49.8 Å². The summed E-state index contributed by atoms with van der Waals surface area (Å²) >= 11 is 5.60. The van der Waals surface area contributed by atoms with Gasteiger partial charge in [-0.3, -0.25) is 0 Å². The highest BCUT2D eigenvalue weighted by molar-refractivity contribution is 6.17. The fourth-order valence-corrected chi connectivity index (χ4v) is 2.12. The SMILES string of the molecule is ClCCc1nnc(C2CCCCC2)o1. The van der Waals surface area contributed by atoms with Crippen LogP contribution in [0.5, 0.6) is 0 Å². The van der Waals surface area contributed by atoms with Crippen molar-refractivity contribution in [3.63, 3.8) is 0 Å². The van der Waals surface area contributed by atoms with Crippen molar-refractivity contribution in [2.24, 2.45) is 0 Å². The lowest BCUT2D eigenvalue weighted by Crippen LogP contribution is -2.04. The standard InChI is InChI=1S/C10H15ClN2O/c11-7-6-9-12-13-10(14-9)8-4-2-1-3-5-8/h8H,1-7H2. The van der Waals surface area contributed by atoms with Crippen LogP contribution in [0.4, 0.5) is 0 Å². The Kier molecular flexibility index (Phi) is 3.40. The van der Waals surface area contributed by atoms with Crippen molar-refractivity contribution in [3.05, 3.63) is 11.8 Å². The van der Waals surface area contributed by atoms with Gasteiger partial charge in [-0.15, -0.1) is 21.8 Å². The number of hydrogen-bond acceptors (Lipinski definition) is 3. The van der Waals surface area contributed by atoms with Crippen molar-refractivity contribution in [2.75, 3.05) is 5.88 Å². The average Bonchev–Trinajstić information content (AvgIpc) is 2.68. The number of aromatic nitrogens is 2. The summed E-state index contributed by atoms with van der Waals surface area (Å²) < 4.78 is 5.56. The molecule has 2 rings (SSSR count). The first-order valence-electron chi connectivity index (χ1n) is 5.28. The largest absolute Gasteiger partial charge is 0.425 e. The number of hydrogen-bond donors (Lipinski definition) is 0. The van der Waals surface area contributed by atoms with Crippen LogP contribution < -0.4 is 0 Å². The van der Waals surface area contributed by atoms with E-state index in [0.29, 0.717) is 24.1 Å². The molecule has 1 fully saturated rings. The van der Waals surface area contributed by atoms with Crippen molar-refractivity contribution in [2.45, 2.75) is 44.4 Å². The zero-order valence-electron chi connectivity index (χ0n) is 8.21. The van der Waals surface area contributed by atoms with Gasteiger partial charge in [-0.1, -0.05) is 19.3 Å². The molecule has 0 saturated heterocycles. The summed E-state index contributed by atoms with van der Waals surface area (Å²) in [4.78, 5) is 0. The van der Waals surface area contributed by atoms with E-state index in [-0.39, 0.29) is 0 Å². The van der Waals surface area contributed by atoms with Crippen molar-refractivity contribution in [3.8, 4) is 0 Å². The van der Waals surface area contributed by atoms with Crippen LogP contribution in [0, 0.1) is 0 Å². The van der Waals surface area contributed by atoms with E-state index in [9.17, 15) is 0 Å². The summed E-state index contributed by atoms with van der Waals surface area (Å²) in [6.45, 7) is 0. The second kappa shape index (κ2) is 4.78. The topological polar surface area (TPSA) is 38.9 Å². The minimum Gasteiger partial charge on any atom is -0.425 e. The van der Waals surface area contributed by atoms with Crippen LogP contribution in [-0.2, 0) is 6.42 Å². The first kappa shape index (κ1) is 9.97. The zero-order chi connectivity index (χ0) is 9.80. The molecular weight excluding hydrogens is 200 g/mol. The lowest BCUT2D eigenvalue weighted by Gasteiger charge is -2.17. The molecule has 0 amide bonds. The van der Waals surface area contributed by atoms with Crippen LogP contribution in [0.25, 0.3) is 0 Å². The Morgan fingerprint density at radius 3 is 2.71 bits per heavy atom. The lowest BCUT2D eigenvalue weighted by molar-refractivity contribution is 0.352. The number of aryl methyl sites for hydroxylation is 1. The van der Waals surface area contributed by atoms with E-state index < -0.39 is 0 Å². The van der Waals surface area contributed by atoms with Crippen LogP contribution in [0.2, 0.25) is 0 Å². The van der Waals surface area contributed by atoms with Gasteiger partial charge in [0, 0.05) is 18.2 Å². The summed E-state index contributed by atoms with van der Waals surface area (Å²) in [5, 5.41) is 8.06. The molecule has 0 aromatic carbocycles. The summed E-state index contributed by atoms with van der Waals surface area (Å²) in [5.41, 5.74) is 0. The van der Waals surface area contributed by atoms with E-state index in [0.717, 1.165) is 5.89 Å². The Hall–Kier alpha value is -0.570. The van der Waals surface area contributed by atoms with Crippen molar-refractivity contribution in [1.82, 2.24) is 10.2 Å². The molecule has 0 bridgehead atoms. The summed E-state index contributed by atoms with van der Waals surface area (Å²) in [6.07, 6.45) is 7.00. The van der Waals surface area contributed by atoms with Crippen LogP contribution >= 0.6 is 11.6 Å². The summed E-state index contributed by atoms with van der Waals surface area (Å²) in [5.74, 6) is 2.55. The van der Waals surface area contributed by atoms with Crippen LogP contribution in [0.15, 0.2) is 4.42 Å². The second-order valence-corrected chi connectivity index (χ2v) is 4.19. The molecule has 4 heteroatoms. The number of nitrogens with zero attached hydrogens (tertiary/aromatic N) is 2. The van der Waals surface area contributed by atoms with Gasteiger partial charge in [0.25, 0.3) is 0 Å².